The van der Waals surface area contributed by atoms with Gasteiger partial charge in [-0.2, -0.15) is 16.8 Å². The lowest BCUT2D eigenvalue weighted by molar-refractivity contribution is 0.398. The van der Waals surface area contributed by atoms with E-state index in [2.05, 4.69) is 4.18 Å². The van der Waals surface area contributed by atoms with Crippen molar-refractivity contribution in [1.82, 2.24) is 0 Å². The molecule has 0 saturated heterocycles. The second kappa shape index (κ2) is 4.81. The van der Waals surface area contributed by atoms with Gasteiger partial charge in [-0.3, -0.25) is 8.74 Å². The summed E-state index contributed by atoms with van der Waals surface area (Å²) >= 11 is 0. The van der Waals surface area contributed by atoms with Gasteiger partial charge in [-0.15, -0.1) is 0 Å². The third kappa shape index (κ3) is 2.42. The van der Waals surface area contributed by atoms with Crippen LogP contribution in [0.5, 0.6) is 0 Å². The maximum atomic E-state index is 12.0. The number of hydrogen-bond donors (Lipinski definition) is 1. The predicted octanol–water partition coefficient (Wildman–Crippen LogP) is 1.73. The number of fused-ring (bicyclic) bond motifs is 1. The second-order valence-corrected chi connectivity index (χ2v) is 7.20. The van der Waals surface area contributed by atoms with Gasteiger partial charge in [0.25, 0.3) is 20.2 Å². The Kier molecular flexibility index (Phi) is 3.59. The molecule has 20 heavy (non-hydrogen) atoms. The largest absolute Gasteiger partial charge is 0.297 e. The topological polar surface area (TPSA) is 97.7 Å². The van der Waals surface area contributed by atoms with E-state index >= 15 is 0 Å². The molecule has 0 aromatic heterocycles. The predicted molar refractivity (Wildman–Crippen MR) is 72.7 cm³/mol. The lowest BCUT2D eigenvalue weighted by atomic mass is 10.1. The van der Waals surface area contributed by atoms with Crippen LogP contribution >= 0.6 is 0 Å². The van der Waals surface area contributed by atoms with Gasteiger partial charge >= 0.3 is 0 Å². The molecule has 8 heteroatoms. The fraction of sp³-hybridized carbons (Fsp3) is 0.167. The molecule has 0 fully saturated rings. The number of rotatable bonds is 3. The quantitative estimate of drug-likeness (QED) is 0.684. The van der Waals surface area contributed by atoms with Crippen LogP contribution in [0.25, 0.3) is 10.8 Å². The van der Waals surface area contributed by atoms with Crippen LogP contribution < -0.4 is 0 Å². The molecule has 0 unspecified atom stereocenters. The molecule has 1 N–H and O–H groups in total. The highest BCUT2D eigenvalue weighted by Crippen LogP contribution is 2.31. The van der Waals surface area contributed by atoms with E-state index in [1.165, 1.54) is 30.3 Å². The zero-order valence-electron chi connectivity index (χ0n) is 10.7. The Morgan fingerprint density at radius 1 is 1.00 bits per heavy atom. The van der Waals surface area contributed by atoms with Gasteiger partial charge in [-0.25, -0.2) is 0 Å². The van der Waals surface area contributed by atoms with Crippen LogP contribution in [0, 0.1) is 6.92 Å². The fourth-order valence-corrected chi connectivity index (χ4v) is 3.83. The Morgan fingerprint density at radius 2 is 1.65 bits per heavy atom. The summed E-state index contributed by atoms with van der Waals surface area (Å²) in [5, 5.41) is 0.304. The van der Waals surface area contributed by atoms with Gasteiger partial charge in [0.05, 0.1) is 7.11 Å². The van der Waals surface area contributed by atoms with Gasteiger partial charge in [-0.05, 0) is 18.6 Å². The zero-order chi connectivity index (χ0) is 15.1. The summed E-state index contributed by atoms with van der Waals surface area (Å²) in [5.74, 6) is 0. The molecule has 0 bridgehead atoms. The number of aryl methyl sites for hydroxylation is 1. The molecule has 0 radical (unpaired) electrons. The molecule has 6 nitrogen and oxygen atoms in total. The maximum Gasteiger partial charge on any atom is 0.297 e. The normalized spacial score (nSPS) is 12.8. The van der Waals surface area contributed by atoms with E-state index in [1.807, 2.05) is 0 Å². The minimum atomic E-state index is -4.45. The van der Waals surface area contributed by atoms with Crippen LogP contribution in [0.2, 0.25) is 0 Å². The molecule has 0 spiro atoms. The minimum Gasteiger partial charge on any atom is -0.282 e. The average molecular weight is 316 g/mol. The van der Waals surface area contributed by atoms with Crippen molar-refractivity contribution in [3.8, 4) is 0 Å². The summed E-state index contributed by atoms with van der Waals surface area (Å²) in [6.45, 7) is 1.57. The van der Waals surface area contributed by atoms with Crippen LogP contribution in [0.4, 0.5) is 0 Å². The van der Waals surface area contributed by atoms with E-state index in [1.54, 1.807) is 6.92 Å². The lowest BCUT2D eigenvalue weighted by Gasteiger charge is -2.11. The van der Waals surface area contributed by atoms with Crippen molar-refractivity contribution in [3.63, 3.8) is 0 Å². The van der Waals surface area contributed by atoms with Crippen molar-refractivity contribution in [2.75, 3.05) is 7.11 Å². The second-order valence-electron chi connectivity index (χ2n) is 4.16. The highest BCUT2D eigenvalue weighted by molar-refractivity contribution is 7.87. The van der Waals surface area contributed by atoms with Crippen LogP contribution in [0.15, 0.2) is 40.1 Å². The Morgan fingerprint density at radius 3 is 2.20 bits per heavy atom. The van der Waals surface area contributed by atoms with Crippen molar-refractivity contribution < 1.29 is 25.6 Å². The molecule has 0 aliphatic heterocycles. The molecular weight excluding hydrogens is 304 g/mol. The van der Waals surface area contributed by atoms with Crippen molar-refractivity contribution >= 4 is 31.0 Å². The lowest BCUT2D eigenvalue weighted by Crippen LogP contribution is -2.07. The monoisotopic (exact) mass is 316 g/mol. The number of benzene rings is 2. The van der Waals surface area contributed by atoms with Gasteiger partial charge in [0.2, 0.25) is 0 Å². The molecule has 0 aliphatic carbocycles. The fourth-order valence-electron chi connectivity index (χ4n) is 2.05. The first-order valence-electron chi connectivity index (χ1n) is 5.49. The molecule has 2 aromatic carbocycles. The van der Waals surface area contributed by atoms with E-state index < -0.39 is 20.2 Å². The minimum absolute atomic E-state index is 0.108. The maximum absolute atomic E-state index is 12.0. The van der Waals surface area contributed by atoms with Gasteiger partial charge < -0.3 is 0 Å². The Balaban J connectivity index is 3.03. The molecule has 0 amide bonds. The third-order valence-electron chi connectivity index (χ3n) is 2.92. The van der Waals surface area contributed by atoms with E-state index in [4.69, 9.17) is 0 Å². The average Bonchev–Trinajstić information content (AvgIpc) is 2.36. The Labute approximate surface area is 116 Å². The molecule has 108 valence electrons. The highest BCUT2D eigenvalue weighted by Gasteiger charge is 2.22. The van der Waals surface area contributed by atoms with E-state index in [0.717, 1.165) is 7.11 Å². The smallest absolute Gasteiger partial charge is 0.282 e. The first kappa shape index (κ1) is 14.9. The zero-order valence-corrected chi connectivity index (χ0v) is 12.3. The van der Waals surface area contributed by atoms with Crippen LogP contribution in [-0.4, -0.2) is 28.5 Å². The summed E-state index contributed by atoms with van der Waals surface area (Å²) in [5.41, 5.74) is 0.423. The Hall–Kier alpha value is -1.48. The molecule has 0 saturated carbocycles. The molecule has 0 atom stereocenters. The molecule has 2 rings (SSSR count). The van der Waals surface area contributed by atoms with Crippen molar-refractivity contribution in [1.29, 1.82) is 0 Å². The van der Waals surface area contributed by atoms with Crippen molar-refractivity contribution in [2.24, 2.45) is 0 Å². The summed E-state index contributed by atoms with van der Waals surface area (Å²) in [6, 6.07) is 6.93. The first-order chi connectivity index (χ1) is 9.18. The summed E-state index contributed by atoms with van der Waals surface area (Å²) < 4.78 is 60.3. The summed E-state index contributed by atoms with van der Waals surface area (Å²) in [4.78, 5) is -0.453. The summed E-state index contributed by atoms with van der Waals surface area (Å²) in [7, 11) is -7.41. The number of hydrogen-bond acceptors (Lipinski definition) is 5. The SMILES string of the molecule is COS(=O)(=O)c1c(C)ccc2c(S(=O)(=O)O)cccc12. The third-order valence-corrected chi connectivity index (χ3v) is 5.31. The van der Waals surface area contributed by atoms with Gasteiger partial charge in [0.1, 0.15) is 9.79 Å². The van der Waals surface area contributed by atoms with Gasteiger partial charge in [0.15, 0.2) is 0 Å². The van der Waals surface area contributed by atoms with Crippen molar-refractivity contribution in [3.05, 3.63) is 35.9 Å². The molecule has 0 aliphatic rings. The van der Waals surface area contributed by atoms with Gasteiger partial charge in [-0.1, -0.05) is 24.3 Å². The van der Waals surface area contributed by atoms with Crippen molar-refractivity contribution in [2.45, 2.75) is 16.7 Å². The molecule has 2 aromatic rings. The van der Waals surface area contributed by atoms with Crippen LogP contribution in [0.3, 0.4) is 0 Å². The highest BCUT2D eigenvalue weighted by atomic mass is 32.2. The first-order valence-corrected chi connectivity index (χ1v) is 8.34. The molecular formula is C12H12O6S2. The van der Waals surface area contributed by atoms with E-state index in [-0.39, 0.29) is 20.6 Å². The summed E-state index contributed by atoms with van der Waals surface area (Å²) in [6.07, 6.45) is 0. The van der Waals surface area contributed by atoms with Gasteiger partial charge in [0, 0.05) is 10.8 Å². The molecule has 0 heterocycles. The van der Waals surface area contributed by atoms with E-state index in [9.17, 15) is 21.4 Å². The standard InChI is InChI=1S/C12H12O6S2/c1-8-6-7-9-10(12(8)20(16,17)18-2)4-3-5-11(9)19(13,14)15/h3-7H,1-2H3,(H,13,14,15). The van der Waals surface area contributed by atoms with Crippen LogP contribution in [0.1, 0.15) is 5.56 Å². The Bertz CT molecular complexity index is 882. The van der Waals surface area contributed by atoms with E-state index in [0.29, 0.717) is 5.56 Å². The van der Waals surface area contributed by atoms with Crippen LogP contribution in [-0.2, 0) is 24.4 Å².